The number of nitrogens with one attached hydrogen (secondary N) is 1. The molecule has 0 radical (unpaired) electrons. The molecule has 1 heterocycles. The first-order chi connectivity index (χ1) is 12.0. The number of carbonyl (C=O) groups is 2. The number of aromatic carboxylic acids is 1. The van der Waals surface area contributed by atoms with Crippen molar-refractivity contribution < 1.29 is 28.6 Å². The van der Waals surface area contributed by atoms with Gasteiger partial charge in [0.15, 0.2) is 23.5 Å². The molecule has 8 heteroatoms. The molecule has 3 aromatic rings. The van der Waals surface area contributed by atoms with Gasteiger partial charge in [-0.3, -0.25) is 4.79 Å². The molecule has 1 amide bonds. The van der Waals surface area contributed by atoms with E-state index < -0.39 is 11.9 Å². The molecule has 0 aliphatic carbocycles. The molecule has 8 nitrogen and oxygen atoms in total. The van der Waals surface area contributed by atoms with Crippen LogP contribution in [0, 0.1) is 0 Å². The first-order valence-corrected chi connectivity index (χ1v) is 7.17. The predicted octanol–water partition coefficient (Wildman–Crippen LogP) is 2.80. The lowest BCUT2D eigenvalue weighted by molar-refractivity contribution is 0.0697. The van der Waals surface area contributed by atoms with Crippen LogP contribution in [-0.2, 0) is 0 Å². The Bertz CT molecular complexity index is 963. The van der Waals surface area contributed by atoms with Crippen molar-refractivity contribution in [1.29, 1.82) is 0 Å². The fourth-order valence-electron chi connectivity index (χ4n) is 2.35. The van der Waals surface area contributed by atoms with Crippen molar-refractivity contribution in [1.82, 2.24) is 4.98 Å². The zero-order valence-electron chi connectivity index (χ0n) is 13.4. The van der Waals surface area contributed by atoms with Crippen LogP contribution < -0.4 is 14.8 Å². The fraction of sp³-hybridized carbons (Fsp3) is 0.118. The maximum atomic E-state index is 12.5. The van der Waals surface area contributed by atoms with E-state index in [1.807, 2.05) is 0 Å². The molecule has 0 atom stereocenters. The summed E-state index contributed by atoms with van der Waals surface area (Å²) in [6.07, 6.45) is 1.28. The SMILES string of the molecule is COc1cc(NC(=O)c2ccc3ocnc3c2)c(C(=O)O)cc1OC. The Morgan fingerprint density at radius 1 is 1.12 bits per heavy atom. The first-order valence-electron chi connectivity index (χ1n) is 7.17. The number of hydrogen-bond donors (Lipinski definition) is 2. The third-order valence-corrected chi connectivity index (χ3v) is 3.59. The van der Waals surface area contributed by atoms with Crippen molar-refractivity contribution in [3.8, 4) is 11.5 Å². The first kappa shape index (κ1) is 16.3. The van der Waals surface area contributed by atoms with E-state index in [1.165, 1.54) is 32.7 Å². The fourth-order valence-corrected chi connectivity index (χ4v) is 2.35. The molecule has 0 fully saturated rings. The van der Waals surface area contributed by atoms with Crippen molar-refractivity contribution in [2.75, 3.05) is 19.5 Å². The van der Waals surface area contributed by atoms with E-state index in [2.05, 4.69) is 10.3 Å². The summed E-state index contributed by atoms with van der Waals surface area (Å²) in [5.74, 6) is -1.14. The number of amides is 1. The Morgan fingerprint density at radius 3 is 2.52 bits per heavy atom. The molecule has 0 aliphatic rings. The van der Waals surface area contributed by atoms with Crippen LogP contribution in [0.2, 0.25) is 0 Å². The number of aromatic nitrogens is 1. The van der Waals surface area contributed by atoms with Gasteiger partial charge in [-0.05, 0) is 18.2 Å². The summed E-state index contributed by atoms with van der Waals surface area (Å²) in [5, 5.41) is 12.0. The van der Waals surface area contributed by atoms with Crippen LogP contribution in [0.25, 0.3) is 11.1 Å². The van der Waals surface area contributed by atoms with Crippen molar-refractivity contribution in [2.45, 2.75) is 0 Å². The summed E-state index contributed by atoms with van der Waals surface area (Å²) in [7, 11) is 2.82. The van der Waals surface area contributed by atoms with Crippen LogP contribution >= 0.6 is 0 Å². The molecule has 0 aliphatic heterocycles. The van der Waals surface area contributed by atoms with Gasteiger partial charge < -0.3 is 24.3 Å². The van der Waals surface area contributed by atoms with Crippen LogP contribution in [0.4, 0.5) is 5.69 Å². The van der Waals surface area contributed by atoms with E-state index in [0.717, 1.165) is 0 Å². The largest absolute Gasteiger partial charge is 0.493 e. The van der Waals surface area contributed by atoms with Crippen molar-refractivity contribution in [2.24, 2.45) is 0 Å². The Balaban J connectivity index is 1.97. The molecule has 128 valence electrons. The number of benzene rings is 2. The topological polar surface area (TPSA) is 111 Å². The predicted molar refractivity (Wildman–Crippen MR) is 88.5 cm³/mol. The van der Waals surface area contributed by atoms with Gasteiger partial charge >= 0.3 is 5.97 Å². The lowest BCUT2D eigenvalue weighted by Crippen LogP contribution is -2.15. The number of fused-ring (bicyclic) bond motifs is 1. The zero-order valence-corrected chi connectivity index (χ0v) is 13.4. The lowest BCUT2D eigenvalue weighted by Gasteiger charge is -2.13. The standard InChI is InChI=1S/C17H14N2O6/c1-23-14-6-10(17(21)22)11(7-15(14)24-2)19-16(20)9-3-4-13-12(5-9)18-8-25-13/h3-8H,1-2H3,(H,19,20)(H,21,22). The minimum absolute atomic E-state index is 0.0930. The number of hydrogen-bond acceptors (Lipinski definition) is 6. The third-order valence-electron chi connectivity index (χ3n) is 3.59. The second-order valence-corrected chi connectivity index (χ2v) is 5.05. The van der Waals surface area contributed by atoms with Gasteiger partial charge in [0.25, 0.3) is 5.91 Å². The van der Waals surface area contributed by atoms with E-state index in [9.17, 15) is 14.7 Å². The van der Waals surface area contributed by atoms with Crippen molar-refractivity contribution in [3.63, 3.8) is 0 Å². The molecular weight excluding hydrogens is 328 g/mol. The zero-order chi connectivity index (χ0) is 18.0. The number of carbonyl (C=O) groups excluding carboxylic acids is 1. The molecule has 1 aromatic heterocycles. The normalized spacial score (nSPS) is 10.5. The third kappa shape index (κ3) is 3.09. The molecule has 0 spiro atoms. The molecule has 0 saturated heterocycles. The Hall–Kier alpha value is -3.55. The van der Waals surface area contributed by atoms with E-state index in [1.54, 1.807) is 18.2 Å². The van der Waals surface area contributed by atoms with Crippen molar-refractivity contribution in [3.05, 3.63) is 47.9 Å². The molecule has 25 heavy (non-hydrogen) atoms. The Labute approximate surface area is 142 Å². The monoisotopic (exact) mass is 342 g/mol. The van der Waals surface area contributed by atoms with Gasteiger partial charge in [-0.15, -0.1) is 0 Å². The number of ether oxygens (including phenoxy) is 2. The van der Waals surface area contributed by atoms with Crippen LogP contribution in [-0.4, -0.2) is 36.2 Å². The maximum Gasteiger partial charge on any atom is 0.337 e. The number of carboxylic acids is 1. The number of anilines is 1. The van der Waals surface area contributed by atoms with Gasteiger partial charge in [0.2, 0.25) is 0 Å². The second-order valence-electron chi connectivity index (χ2n) is 5.05. The summed E-state index contributed by atoms with van der Waals surface area (Å²) in [6.45, 7) is 0. The summed E-state index contributed by atoms with van der Waals surface area (Å²) in [5.41, 5.74) is 1.36. The Kier molecular flexibility index (Phi) is 4.25. The molecule has 3 rings (SSSR count). The summed E-state index contributed by atoms with van der Waals surface area (Å²) < 4.78 is 15.4. The molecular formula is C17H14N2O6. The van der Waals surface area contributed by atoms with E-state index in [4.69, 9.17) is 13.9 Å². The highest BCUT2D eigenvalue weighted by molar-refractivity contribution is 6.09. The highest BCUT2D eigenvalue weighted by Crippen LogP contribution is 2.33. The maximum absolute atomic E-state index is 12.5. The second kappa shape index (κ2) is 6.52. The number of oxazole rings is 1. The van der Waals surface area contributed by atoms with E-state index in [0.29, 0.717) is 22.4 Å². The highest BCUT2D eigenvalue weighted by Gasteiger charge is 2.19. The smallest absolute Gasteiger partial charge is 0.337 e. The average Bonchev–Trinajstić information content (AvgIpc) is 3.08. The van der Waals surface area contributed by atoms with Gasteiger partial charge in [0, 0.05) is 17.7 Å². The molecule has 2 N–H and O–H groups in total. The Morgan fingerprint density at radius 2 is 1.84 bits per heavy atom. The van der Waals surface area contributed by atoms with Crippen LogP contribution in [0.15, 0.2) is 41.1 Å². The van der Waals surface area contributed by atoms with Crippen LogP contribution in [0.1, 0.15) is 20.7 Å². The van der Waals surface area contributed by atoms with Crippen molar-refractivity contribution >= 4 is 28.7 Å². The molecule has 0 saturated carbocycles. The van der Waals surface area contributed by atoms with Gasteiger partial charge in [0.1, 0.15) is 5.52 Å². The summed E-state index contributed by atoms with van der Waals surface area (Å²) in [6, 6.07) is 7.41. The van der Waals surface area contributed by atoms with Gasteiger partial charge in [-0.25, -0.2) is 9.78 Å². The number of carboxylic acid groups (broad SMARTS) is 1. The molecule has 0 bridgehead atoms. The van der Waals surface area contributed by atoms with Gasteiger partial charge in [-0.2, -0.15) is 0 Å². The van der Waals surface area contributed by atoms with E-state index in [-0.39, 0.29) is 17.0 Å². The van der Waals surface area contributed by atoms with E-state index >= 15 is 0 Å². The molecule has 0 unspecified atom stereocenters. The lowest BCUT2D eigenvalue weighted by atomic mass is 10.1. The minimum atomic E-state index is -1.21. The minimum Gasteiger partial charge on any atom is -0.493 e. The van der Waals surface area contributed by atoms with Gasteiger partial charge in [0.05, 0.1) is 25.5 Å². The highest BCUT2D eigenvalue weighted by atomic mass is 16.5. The number of rotatable bonds is 5. The molecule has 2 aromatic carbocycles. The summed E-state index contributed by atoms with van der Waals surface area (Å²) in [4.78, 5) is 27.9. The number of methoxy groups -OCH3 is 2. The average molecular weight is 342 g/mol. The van der Waals surface area contributed by atoms with Gasteiger partial charge in [-0.1, -0.05) is 0 Å². The summed E-state index contributed by atoms with van der Waals surface area (Å²) >= 11 is 0. The van der Waals surface area contributed by atoms with Crippen LogP contribution in [0.3, 0.4) is 0 Å². The quantitative estimate of drug-likeness (QED) is 0.733. The number of nitrogens with zero attached hydrogens (tertiary/aromatic N) is 1. The van der Waals surface area contributed by atoms with Crippen LogP contribution in [0.5, 0.6) is 11.5 Å².